The van der Waals surface area contributed by atoms with Gasteiger partial charge >= 0.3 is 0 Å². The number of rotatable bonds is 2. The summed E-state index contributed by atoms with van der Waals surface area (Å²) in [5, 5.41) is 0. The molecule has 0 bridgehead atoms. The van der Waals surface area contributed by atoms with Crippen LogP contribution in [0.25, 0.3) is 0 Å². The second kappa shape index (κ2) is 3.62. The molecule has 0 spiro atoms. The fraction of sp³-hybridized carbons (Fsp3) is 0.538. The molecule has 0 radical (unpaired) electrons. The third-order valence-electron chi connectivity index (χ3n) is 3.35. The average molecular weight is 205 g/mol. The van der Waals surface area contributed by atoms with Crippen molar-refractivity contribution in [3.63, 3.8) is 0 Å². The zero-order valence-corrected chi connectivity index (χ0v) is 9.76. The Kier molecular flexibility index (Phi) is 2.57. The highest BCUT2D eigenvalue weighted by molar-refractivity contribution is 5.44. The predicted octanol–water partition coefficient (Wildman–Crippen LogP) is 1.84. The highest BCUT2D eigenvalue weighted by atomic mass is 16.5. The zero-order valence-electron chi connectivity index (χ0n) is 9.76. The maximum absolute atomic E-state index is 5.90. The van der Waals surface area contributed by atoms with E-state index in [1.165, 1.54) is 22.3 Å². The van der Waals surface area contributed by atoms with E-state index in [9.17, 15) is 0 Å². The molecule has 2 nitrogen and oxygen atoms in total. The van der Waals surface area contributed by atoms with Gasteiger partial charge in [-0.25, -0.2) is 0 Å². The lowest BCUT2D eigenvalue weighted by Gasteiger charge is -2.43. The molecule has 1 fully saturated rings. The summed E-state index contributed by atoms with van der Waals surface area (Å²) in [5.41, 5.74) is 11.4. The number of aryl methyl sites for hydroxylation is 3. The smallest absolute Gasteiger partial charge is 0.0598 e. The Morgan fingerprint density at radius 3 is 2.07 bits per heavy atom. The van der Waals surface area contributed by atoms with E-state index in [0.717, 1.165) is 13.2 Å². The molecule has 1 aliphatic heterocycles. The normalized spacial score (nSPS) is 18.7. The molecule has 1 aromatic rings. The van der Waals surface area contributed by atoms with Crippen molar-refractivity contribution in [2.75, 3.05) is 19.8 Å². The van der Waals surface area contributed by atoms with Gasteiger partial charge in [0.25, 0.3) is 0 Å². The molecule has 0 amide bonds. The van der Waals surface area contributed by atoms with E-state index in [1.807, 2.05) is 0 Å². The van der Waals surface area contributed by atoms with Crippen LogP contribution in [0.15, 0.2) is 12.1 Å². The van der Waals surface area contributed by atoms with Gasteiger partial charge in [-0.3, -0.25) is 0 Å². The quantitative estimate of drug-likeness (QED) is 0.799. The molecule has 15 heavy (non-hydrogen) atoms. The van der Waals surface area contributed by atoms with Crippen LogP contribution in [-0.2, 0) is 10.2 Å². The van der Waals surface area contributed by atoms with Crippen LogP contribution in [0.2, 0.25) is 0 Å². The summed E-state index contributed by atoms with van der Waals surface area (Å²) in [6.45, 7) is 8.70. The van der Waals surface area contributed by atoms with E-state index in [0.29, 0.717) is 6.54 Å². The van der Waals surface area contributed by atoms with Crippen molar-refractivity contribution in [1.82, 2.24) is 0 Å². The van der Waals surface area contributed by atoms with Crippen molar-refractivity contribution < 1.29 is 4.74 Å². The molecule has 0 aliphatic carbocycles. The van der Waals surface area contributed by atoms with E-state index in [-0.39, 0.29) is 5.41 Å². The van der Waals surface area contributed by atoms with Crippen molar-refractivity contribution in [1.29, 1.82) is 0 Å². The van der Waals surface area contributed by atoms with Gasteiger partial charge in [-0.15, -0.1) is 0 Å². The van der Waals surface area contributed by atoms with E-state index in [4.69, 9.17) is 10.5 Å². The molecule has 0 atom stereocenters. The number of hydrogen-bond acceptors (Lipinski definition) is 2. The lowest BCUT2D eigenvalue weighted by Crippen LogP contribution is -2.53. The lowest BCUT2D eigenvalue weighted by atomic mass is 9.74. The summed E-state index contributed by atoms with van der Waals surface area (Å²) in [4.78, 5) is 0. The summed E-state index contributed by atoms with van der Waals surface area (Å²) in [6.07, 6.45) is 0. The minimum Gasteiger partial charge on any atom is -0.379 e. The van der Waals surface area contributed by atoms with Crippen molar-refractivity contribution in [3.8, 4) is 0 Å². The number of nitrogens with two attached hydrogens (primary N) is 1. The molecule has 0 saturated carbocycles. The molecule has 82 valence electrons. The monoisotopic (exact) mass is 205 g/mol. The van der Waals surface area contributed by atoms with Crippen LogP contribution < -0.4 is 5.73 Å². The topological polar surface area (TPSA) is 35.2 Å². The predicted molar refractivity (Wildman–Crippen MR) is 62.2 cm³/mol. The van der Waals surface area contributed by atoms with Gasteiger partial charge in [0.05, 0.1) is 18.6 Å². The Hall–Kier alpha value is -0.860. The third kappa shape index (κ3) is 1.58. The SMILES string of the molecule is Cc1cc(C)c(C2(CN)COC2)c(C)c1. The van der Waals surface area contributed by atoms with Gasteiger partial charge in [0.1, 0.15) is 0 Å². The van der Waals surface area contributed by atoms with Gasteiger partial charge in [-0.2, -0.15) is 0 Å². The number of hydrogen-bond donors (Lipinski definition) is 1. The second-order valence-corrected chi connectivity index (χ2v) is 4.75. The van der Waals surface area contributed by atoms with Crippen LogP contribution in [0.1, 0.15) is 22.3 Å². The minimum atomic E-state index is 0.0852. The van der Waals surface area contributed by atoms with Gasteiger partial charge in [0.2, 0.25) is 0 Å². The maximum atomic E-state index is 5.90. The largest absolute Gasteiger partial charge is 0.379 e. The molecule has 1 heterocycles. The van der Waals surface area contributed by atoms with Crippen molar-refractivity contribution in [3.05, 3.63) is 34.4 Å². The highest BCUT2D eigenvalue weighted by Gasteiger charge is 2.40. The number of ether oxygens (including phenoxy) is 1. The van der Waals surface area contributed by atoms with Crippen LogP contribution in [0.3, 0.4) is 0 Å². The Morgan fingerprint density at radius 2 is 1.73 bits per heavy atom. The summed E-state index contributed by atoms with van der Waals surface area (Å²) in [6, 6.07) is 4.47. The van der Waals surface area contributed by atoms with Gasteiger partial charge < -0.3 is 10.5 Å². The van der Waals surface area contributed by atoms with Crippen molar-refractivity contribution in [2.45, 2.75) is 26.2 Å². The van der Waals surface area contributed by atoms with E-state index in [2.05, 4.69) is 32.9 Å². The first kappa shape index (κ1) is 10.7. The minimum absolute atomic E-state index is 0.0852. The molecule has 0 unspecified atom stereocenters. The maximum Gasteiger partial charge on any atom is 0.0598 e. The van der Waals surface area contributed by atoms with E-state index < -0.39 is 0 Å². The Bertz CT molecular complexity index is 352. The van der Waals surface area contributed by atoms with Crippen molar-refractivity contribution in [2.24, 2.45) is 5.73 Å². The molecule has 2 rings (SSSR count). The lowest BCUT2D eigenvalue weighted by molar-refractivity contribution is -0.0556. The van der Waals surface area contributed by atoms with Crippen LogP contribution in [0.4, 0.5) is 0 Å². The van der Waals surface area contributed by atoms with E-state index in [1.54, 1.807) is 0 Å². The van der Waals surface area contributed by atoms with Crippen LogP contribution in [0.5, 0.6) is 0 Å². The van der Waals surface area contributed by atoms with E-state index >= 15 is 0 Å². The molecular formula is C13H19NO. The second-order valence-electron chi connectivity index (χ2n) is 4.75. The molecule has 1 saturated heterocycles. The van der Waals surface area contributed by atoms with Crippen molar-refractivity contribution >= 4 is 0 Å². The summed E-state index contributed by atoms with van der Waals surface area (Å²) < 4.78 is 5.34. The number of benzene rings is 1. The molecular weight excluding hydrogens is 186 g/mol. The first-order valence-electron chi connectivity index (χ1n) is 5.45. The Morgan fingerprint density at radius 1 is 1.20 bits per heavy atom. The molecule has 1 aromatic carbocycles. The fourth-order valence-corrected chi connectivity index (χ4v) is 2.73. The summed E-state index contributed by atoms with van der Waals surface area (Å²) in [5.74, 6) is 0. The van der Waals surface area contributed by atoms with Gasteiger partial charge in [0.15, 0.2) is 0 Å². The van der Waals surface area contributed by atoms with Gasteiger partial charge in [-0.05, 0) is 37.5 Å². The Balaban J connectivity index is 2.52. The summed E-state index contributed by atoms with van der Waals surface area (Å²) in [7, 11) is 0. The molecule has 1 aliphatic rings. The van der Waals surface area contributed by atoms with Crippen LogP contribution in [-0.4, -0.2) is 19.8 Å². The fourth-order valence-electron chi connectivity index (χ4n) is 2.73. The highest BCUT2D eigenvalue weighted by Crippen LogP contribution is 2.36. The average Bonchev–Trinajstić information content (AvgIpc) is 2.07. The standard InChI is InChI=1S/C13H19NO/c1-9-4-10(2)12(11(3)5-9)13(6-14)7-15-8-13/h4-5H,6-8,14H2,1-3H3. The first-order chi connectivity index (χ1) is 7.09. The molecule has 2 N–H and O–H groups in total. The summed E-state index contributed by atoms with van der Waals surface area (Å²) >= 11 is 0. The molecule has 2 heteroatoms. The van der Waals surface area contributed by atoms with Crippen LogP contribution in [0, 0.1) is 20.8 Å². The van der Waals surface area contributed by atoms with Gasteiger partial charge in [-0.1, -0.05) is 17.7 Å². The zero-order chi connectivity index (χ0) is 11.1. The first-order valence-corrected chi connectivity index (χ1v) is 5.45. The molecule has 0 aromatic heterocycles. The van der Waals surface area contributed by atoms with Crippen LogP contribution >= 0.6 is 0 Å². The third-order valence-corrected chi connectivity index (χ3v) is 3.35. The van der Waals surface area contributed by atoms with Gasteiger partial charge in [0, 0.05) is 6.54 Å². The Labute approximate surface area is 91.4 Å².